The van der Waals surface area contributed by atoms with E-state index in [2.05, 4.69) is 39.6 Å². The summed E-state index contributed by atoms with van der Waals surface area (Å²) in [6, 6.07) is 4.27. The summed E-state index contributed by atoms with van der Waals surface area (Å²) >= 11 is 0. The lowest BCUT2D eigenvalue weighted by Gasteiger charge is -2.21. The van der Waals surface area contributed by atoms with Crippen LogP contribution in [0.3, 0.4) is 0 Å². The second-order valence-corrected chi connectivity index (χ2v) is 7.92. The van der Waals surface area contributed by atoms with Crippen LogP contribution in [-0.2, 0) is 11.3 Å². The van der Waals surface area contributed by atoms with E-state index in [1.54, 1.807) is 0 Å². The van der Waals surface area contributed by atoms with Gasteiger partial charge in [-0.15, -0.1) is 24.0 Å². The highest BCUT2D eigenvalue weighted by Crippen LogP contribution is 2.28. The molecule has 0 aromatic carbocycles. The lowest BCUT2D eigenvalue weighted by Crippen LogP contribution is -2.38. The number of ether oxygens (including phenoxy) is 1. The lowest BCUT2D eigenvalue weighted by molar-refractivity contribution is 0.123. The van der Waals surface area contributed by atoms with E-state index in [0.29, 0.717) is 6.54 Å². The van der Waals surface area contributed by atoms with Crippen LogP contribution in [0.4, 0.5) is 5.82 Å². The van der Waals surface area contributed by atoms with Crippen molar-refractivity contribution in [1.82, 2.24) is 15.6 Å². The number of rotatable bonds is 10. The normalized spacial score (nSPS) is 17.4. The van der Waals surface area contributed by atoms with Crippen LogP contribution in [-0.4, -0.2) is 50.3 Å². The highest BCUT2D eigenvalue weighted by atomic mass is 127. The molecule has 0 unspecified atom stereocenters. The molecule has 1 saturated heterocycles. The molecule has 2 aliphatic rings. The first-order valence-electron chi connectivity index (χ1n) is 11.1. The average Bonchev–Trinajstić information content (AvgIpc) is 3.56. The van der Waals surface area contributed by atoms with Crippen molar-refractivity contribution in [2.24, 2.45) is 10.9 Å². The van der Waals surface area contributed by atoms with Crippen LogP contribution in [0.1, 0.15) is 57.4 Å². The third-order valence-electron chi connectivity index (χ3n) is 5.31. The minimum Gasteiger partial charge on any atom is -0.381 e. The maximum absolute atomic E-state index is 5.70. The van der Waals surface area contributed by atoms with Crippen molar-refractivity contribution in [1.29, 1.82) is 0 Å². The van der Waals surface area contributed by atoms with E-state index in [9.17, 15) is 0 Å². The summed E-state index contributed by atoms with van der Waals surface area (Å²) in [7, 11) is 0. The molecule has 6 nitrogen and oxygen atoms in total. The molecule has 1 aliphatic carbocycles. The number of nitrogens with one attached hydrogen (secondary N) is 2. The second kappa shape index (κ2) is 14.0. The lowest BCUT2D eigenvalue weighted by atomic mass is 10.2. The summed E-state index contributed by atoms with van der Waals surface area (Å²) in [5, 5.41) is 6.74. The van der Waals surface area contributed by atoms with Crippen LogP contribution in [0.25, 0.3) is 0 Å². The van der Waals surface area contributed by atoms with Crippen molar-refractivity contribution in [3.8, 4) is 0 Å². The molecule has 0 amide bonds. The number of guanidine groups is 1. The fourth-order valence-electron chi connectivity index (χ4n) is 3.46. The summed E-state index contributed by atoms with van der Waals surface area (Å²) in [6.07, 6.45) is 10.8. The summed E-state index contributed by atoms with van der Waals surface area (Å²) in [6.45, 7) is 8.50. The van der Waals surface area contributed by atoms with Gasteiger partial charge in [-0.25, -0.2) is 9.98 Å². The zero-order chi connectivity index (χ0) is 19.4. The second-order valence-electron chi connectivity index (χ2n) is 7.92. The number of nitrogens with zero attached hydrogens (tertiary/aromatic N) is 3. The predicted octanol–water partition coefficient (Wildman–Crippen LogP) is 3.95. The third kappa shape index (κ3) is 9.51. The van der Waals surface area contributed by atoms with Crippen molar-refractivity contribution in [3.05, 3.63) is 23.9 Å². The van der Waals surface area contributed by atoms with Gasteiger partial charge in [-0.3, -0.25) is 0 Å². The Balaban J connectivity index is 0.00000300. The number of hydrogen-bond donors (Lipinski definition) is 2. The smallest absolute Gasteiger partial charge is 0.191 e. The maximum atomic E-state index is 5.70. The SMILES string of the molecule is CCNC(=NCc1ccnc(N2CCCCCC2)c1)NCCCOCC1CC1.I. The van der Waals surface area contributed by atoms with Crippen molar-refractivity contribution in [2.75, 3.05) is 44.3 Å². The van der Waals surface area contributed by atoms with Gasteiger partial charge in [-0.1, -0.05) is 12.8 Å². The van der Waals surface area contributed by atoms with Crippen molar-refractivity contribution >= 4 is 35.8 Å². The van der Waals surface area contributed by atoms with E-state index in [1.165, 1.54) is 44.1 Å². The van der Waals surface area contributed by atoms with E-state index >= 15 is 0 Å². The number of halogens is 1. The van der Waals surface area contributed by atoms with Crippen LogP contribution in [0, 0.1) is 5.92 Å². The molecule has 0 spiro atoms. The number of pyridine rings is 1. The summed E-state index contributed by atoms with van der Waals surface area (Å²) in [5.74, 6) is 2.81. The summed E-state index contributed by atoms with van der Waals surface area (Å²) in [4.78, 5) is 11.8. The molecule has 1 aliphatic heterocycles. The van der Waals surface area contributed by atoms with Crippen LogP contribution >= 0.6 is 24.0 Å². The first-order valence-corrected chi connectivity index (χ1v) is 11.1. The van der Waals surface area contributed by atoms with Gasteiger partial charge in [0.15, 0.2) is 5.96 Å². The van der Waals surface area contributed by atoms with Gasteiger partial charge in [-0.05, 0) is 62.6 Å². The molecule has 2 N–H and O–H groups in total. The number of anilines is 1. The van der Waals surface area contributed by atoms with E-state index in [1.807, 2.05) is 6.20 Å². The molecule has 0 bridgehead atoms. The molecular formula is C22H38IN5O. The first-order chi connectivity index (χ1) is 13.8. The minimum atomic E-state index is 0. The van der Waals surface area contributed by atoms with Gasteiger partial charge in [0.05, 0.1) is 6.54 Å². The molecule has 1 aromatic rings. The largest absolute Gasteiger partial charge is 0.381 e. The fraction of sp³-hybridized carbons (Fsp3) is 0.727. The quantitative estimate of drug-likeness (QED) is 0.214. The maximum Gasteiger partial charge on any atom is 0.191 e. The zero-order valence-electron chi connectivity index (χ0n) is 17.9. The van der Waals surface area contributed by atoms with Crippen molar-refractivity contribution in [2.45, 2.75) is 58.4 Å². The Bertz CT molecular complexity index is 601. The van der Waals surface area contributed by atoms with Gasteiger partial charge >= 0.3 is 0 Å². The van der Waals surface area contributed by atoms with Gasteiger partial charge in [0.2, 0.25) is 0 Å². The summed E-state index contributed by atoms with van der Waals surface area (Å²) < 4.78 is 5.70. The molecular weight excluding hydrogens is 477 g/mol. The molecule has 1 saturated carbocycles. The monoisotopic (exact) mass is 515 g/mol. The van der Waals surface area contributed by atoms with Crippen molar-refractivity contribution < 1.29 is 4.74 Å². The van der Waals surface area contributed by atoms with Gasteiger partial charge in [-0.2, -0.15) is 0 Å². The zero-order valence-corrected chi connectivity index (χ0v) is 20.2. The number of hydrogen-bond acceptors (Lipinski definition) is 4. The summed E-state index contributed by atoms with van der Waals surface area (Å²) in [5.41, 5.74) is 1.21. The molecule has 164 valence electrons. The molecule has 0 atom stereocenters. The van der Waals surface area contributed by atoms with E-state index in [4.69, 9.17) is 9.73 Å². The van der Waals surface area contributed by atoms with Crippen LogP contribution < -0.4 is 15.5 Å². The average molecular weight is 515 g/mol. The topological polar surface area (TPSA) is 61.8 Å². The Labute approximate surface area is 193 Å². The molecule has 1 aromatic heterocycles. The van der Waals surface area contributed by atoms with E-state index in [-0.39, 0.29) is 24.0 Å². The molecule has 29 heavy (non-hydrogen) atoms. The molecule has 7 heteroatoms. The number of aromatic nitrogens is 1. The van der Waals surface area contributed by atoms with E-state index in [0.717, 1.165) is 63.5 Å². The van der Waals surface area contributed by atoms with Crippen LogP contribution in [0.5, 0.6) is 0 Å². The molecule has 2 fully saturated rings. The minimum absolute atomic E-state index is 0. The van der Waals surface area contributed by atoms with E-state index < -0.39 is 0 Å². The Morgan fingerprint density at radius 1 is 1.21 bits per heavy atom. The predicted molar refractivity (Wildman–Crippen MR) is 131 cm³/mol. The van der Waals surface area contributed by atoms with Gasteiger partial charge in [0.1, 0.15) is 5.82 Å². The van der Waals surface area contributed by atoms with Gasteiger partial charge in [0, 0.05) is 45.6 Å². The number of aliphatic imine (C=N–C) groups is 1. The van der Waals surface area contributed by atoms with Gasteiger partial charge in [0.25, 0.3) is 0 Å². The Morgan fingerprint density at radius 2 is 2.00 bits per heavy atom. The molecule has 0 radical (unpaired) electrons. The third-order valence-corrected chi connectivity index (χ3v) is 5.31. The molecule has 3 rings (SSSR count). The first kappa shape index (κ1) is 24.2. The molecule has 2 heterocycles. The van der Waals surface area contributed by atoms with Crippen molar-refractivity contribution in [3.63, 3.8) is 0 Å². The standard InChI is InChI=1S/C22H37N5O.HI/c1-2-23-22(25-11-7-15-28-18-19-8-9-19)26-17-20-10-12-24-21(16-20)27-13-5-3-4-6-14-27;/h10,12,16,19H,2-9,11,13-15,17-18H2,1H3,(H2,23,25,26);1H. The highest BCUT2D eigenvalue weighted by Gasteiger charge is 2.20. The Morgan fingerprint density at radius 3 is 2.72 bits per heavy atom. The van der Waals surface area contributed by atoms with Crippen LogP contribution in [0.2, 0.25) is 0 Å². The Kier molecular flexibility index (Phi) is 11.7. The Hall–Kier alpha value is -1.09. The fourth-order valence-corrected chi connectivity index (χ4v) is 3.46. The van der Waals surface area contributed by atoms with Gasteiger partial charge < -0.3 is 20.3 Å². The highest BCUT2D eigenvalue weighted by molar-refractivity contribution is 14.0. The van der Waals surface area contributed by atoms with Crippen LogP contribution in [0.15, 0.2) is 23.3 Å².